The highest BCUT2D eigenvalue weighted by atomic mass is 16.7. The molecule has 3 aromatic rings. The third kappa shape index (κ3) is 10.2. The third-order valence-electron chi connectivity index (χ3n) is 7.31. The zero-order valence-electron chi connectivity index (χ0n) is 25.8. The molecule has 0 aromatic heterocycles. The Morgan fingerprint density at radius 3 is 2.00 bits per heavy atom. The van der Waals surface area contributed by atoms with E-state index in [1.807, 2.05) is 30.3 Å². The first-order valence-electron chi connectivity index (χ1n) is 15.4. The minimum absolute atomic E-state index is 0.138. The number of hydrogen-bond donors (Lipinski definition) is 1. The van der Waals surface area contributed by atoms with Gasteiger partial charge < -0.3 is 29.0 Å². The highest BCUT2D eigenvalue weighted by molar-refractivity contribution is 5.90. The van der Waals surface area contributed by atoms with E-state index in [1.165, 1.54) is 0 Å². The van der Waals surface area contributed by atoms with Gasteiger partial charge in [-0.15, -0.1) is 13.2 Å². The molecular weight excluding hydrogens is 586 g/mol. The van der Waals surface area contributed by atoms with Crippen molar-refractivity contribution in [2.75, 3.05) is 13.2 Å². The molecule has 46 heavy (non-hydrogen) atoms. The number of carbonyl (C=O) groups is 3. The lowest BCUT2D eigenvalue weighted by molar-refractivity contribution is -0.279. The smallest absolute Gasteiger partial charge is 0.338 e. The number of hydrogen-bond acceptors (Lipinski definition) is 8. The van der Waals surface area contributed by atoms with Crippen LogP contribution in [0.5, 0.6) is 0 Å². The van der Waals surface area contributed by atoms with Crippen LogP contribution in [-0.2, 0) is 35.1 Å². The Kier molecular flexibility index (Phi) is 13.7. The van der Waals surface area contributed by atoms with E-state index in [2.05, 4.69) is 18.5 Å². The van der Waals surface area contributed by atoms with Gasteiger partial charge >= 0.3 is 11.9 Å². The van der Waals surface area contributed by atoms with E-state index in [9.17, 15) is 14.4 Å². The van der Waals surface area contributed by atoms with Crippen molar-refractivity contribution in [2.45, 2.75) is 62.9 Å². The molecule has 1 aliphatic rings. The van der Waals surface area contributed by atoms with Gasteiger partial charge in [-0.05, 0) is 49.1 Å². The standard InChI is InChI=1S/C37H41NO8/c1-3-5-16-24-42-37-32(38-31(39)23-6-4-2)34(46-36(41)29-21-14-9-15-22-29)33(43-25-27-17-10-7-11-18-27)30(45-37)26-44-35(40)28-19-12-8-13-20-28/h3-4,7-15,17-22,30,32-34,37H,1-2,5-6,16,23-26H2,(H,38,39)/t30-,32-,33-,34-,37-/m1/s1. The fourth-order valence-electron chi connectivity index (χ4n) is 4.94. The van der Waals surface area contributed by atoms with Gasteiger partial charge in [-0.3, -0.25) is 4.79 Å². The van der Waals surface area contributed by atoms with Gasteiger partial charge in [0.25, 0.3) is 0 Å². The first-order chi connectivity index (χ1) is 22.5. The highest BCUT2D eigenvalue weighted by Crippen LogP contribution is 2.30. The van der Waals surface area contributed by atoms with Crippen LogP contribution >= 0.6 is 0 Å². The summed E-state index contributed by atoms with van der Waals surface area (Å²) in [5, 5.41) is 2.97. The largest absolute Gasteiger partial charge is 0.459 e. The number of nitrogens with one attached hydrogen (secondary N) is 1. The molecule has 1 aliphatic heterocycles. The molecule has 9 heteroatoms. The summed E-state index contributed by atoms with van der Waals surface area (Å²) in [6.07, 6.45) is 1.38. The second-order valence-electron chi connectivity index (χ2n) is 10.7. The van der Waals surface area contributed by atoms with Gasteiger partial charge in [0.15, 0.2) is 12.4 Å². The van der Waals surface area contributed by atoms with Crippen molar-refractivity contribution in [3.63, 3.8) is 0 Å². The summed E-state index contributed by atoms with van der Waals surface area (Å²) >= 11 is 0. The molecule has 0 saturated carbocycles. The molecule has 0 radical (unpaired) electrons. The van der Waals surface area contributed by atoms with Crippen molar-refractivity contribution >= 4 is 17.8 Å². The van der Waals surface area contributed by atoms with E-state index in [4.69, 9.17) is 23.7 Å². The van der Waals surface area contributed by atoms with Crippen LogP contribution in [0.4, 0.5) is 0 Å². The molecule has 1 saturated heterocycles. The molecule has 0 spiro atoms. The fraction of sp³-hybridized carbons (Fsp3) is 0.324. The van der Waals surface area contributed by atoms with Crippen molar-refractivity contribution in [1.82, 2.24) is 5.32 Å². The van der Waals surface area contributed by atoms with Crippen LogP contribution in [0, 0.1) is 0 Å². The molecular formula is C37H41NO8. The van der Waals surface area contributed by atoms with E-state index in [-0.39, 0.29) is 32.1 Å². The molecule has 5 atom stereocenters. The van der Waals surface area contributed by atoms with Crippen molar-refractivity contribution in [3.05, 3.63) is 133 Å². The van der Waals surface area contributed by atoms with Crippen molar-refractivity contribution in [2.24, 2.45) is 0 Å². The first kappa shape index (κ1) is 34.3. The molecule has 1 N–H and O–H groups in total. The van der Waals surface area contributed by atoms with Crippen LogP contribution < -0.4 is 5.32 Å². The van der Waals surface area contributed by atoms with E-state index >= 15 is 0 Å². The number of benzene rings is 3. The number of allylic oxidation sites excluding steroid dienone is 2. The van der Waals surface area contributed by atoms with E-state index in [0.717, 1.165) is 5.56 Å². The number of ether oxygens (including phenoxy) is 5. The summed E-state index contributed by atoms with van der Waals surface area (Å²) < 4.78 is 30.9. The van der Waals surface area contributed by atoms with Crippen LogP contribution in [0.3, 0.4) is 0 Å². The Balaban J connectivity index is 1.68. The molecule has 0 bridgehead atoms. The Morgan fingerprint density at radius 2 is 1.37 bits per heavy atom. The average molecular weight is 628 g/mol. The maximum atomic E-state index is 13.5. The number of carbonyl (C=O) groups excluding carboxylic acids is 3. The third-order valence-corrected chi connectivity index (χ3v) is 7.31. The number of unbranched alkanes of at least 4 members (excludes halogenated alkanes) is 1. The van der Waals surface area contributed by atoms with Crippen LogP contribution in [0.1, 0.15) is 52.0 Å². The topological polar surface area (TPSA) is 109 Å². The fourth-order valence-corrected chi connectivity index (χ4v) is 4.94. The molecule has 3 aromatic carbocycles. The molecule has 9 nitrogen and oxygen atoms in total. The van der Waals surface area contributed by atoms with Gasteiger partial charge in [-0.1, -0.05) is 78.9 Å². The summed E-state index contributed by atoms with van der Waals surface area (Å²) in [6, 6.07) is 25.7. The van der Waals surface area contributed by atoms with Crippen molar-refractivity contribution in [3.8, 4) is 0 Å². The zero-order valence-corrected chi connectivity index (χ0v) is 25.8. The van der Waals surface area contributed by atoms with E-state index in [0.29, 0.717) is 30.4 Å². The van der Waals surface area contributed by atoms with Gasteiger partial charge in [0.05, 0.1) is 24.3 Å². The second kappa shape index (κ2) is 18.4. The summed E-state index contributed by atoms with van der Waals surface area (Å²) in [5.41, 5.74) is 1.56. The normalized spacial score (nSPS) is 20.7. The average Bonchev–Trinajstić information content (AvgIpc) is 3.10. The summed E-state index contributed by atoms with van der Waals surface area (Å²) in [6.45, 7) is 7.66. The van der Waals surface area contributed by atoms with Crippen LogP contribution in [-0.4, -0.2) is 61.7 Å². The van der Waals surface area contributed by atoms with Gasteiger partial charge in [0.1, 0.15) is 24.9 Å². The molecule has 1 fully saturated rings. The predicted octanol–water partition coefficient (Wildman–Crippen LogP) is 5.81. The second-order valence-corrected chi connectivity index (χ2v) is 10.7. The number of esters is 2. The minimum atomic E-state index is -1.08. The highest BCUT2D eigenvalue weighted by Gasteiger charge is 2.50. The SMILES string of the molecule is C=CCCCO[C@@H]1O[C@H](COC(=O)c2ccccc2)[C@@H](OCc2ccccc2)[C@H](OC(=O)c2ccccc2)[C@H]1NC(=O)CCC=C. The van der Waals surface area contributed by atoms with Crippen LogP contribution in [0.25, 0.3) is 0 Å². The maximum absolute atomic E-state index is 13.5. The number of rotatable bonds is 17. The molecule has 242 valence electrons. The van der Waals surface area contributed by atoms with Crippen molar-refractivity contribution < 1.29 is 38.1 Å². The van der Waals surface area contributed by atoms with Crippen LogP contribution in [0.15, 0.2) is 116 Å². The monoisotopic (exact) mass is 627 g/mol. The summed E-state index contributed by atoms with van der Waals surface area (Å²) in [4.78, 5) is 39.6. The molecule has 1 amide bonds. The van der Waals surface area contributed by atoms with Crippen LogP contribution in [0.2, 0.25) is 0 Å². The van der Waals surface area contributed by atoms with Gasteiger partial charge in [0.2, 0.25) is 5.91 Å². The van der Waals surface area contributed by atoms with E-state index < -0.39 is 42.6 Å². The van der Waals surface area contributed by atoms with Gasteiger partial charge in [-0.25, -0.2) is 9.59 Å². The Bertz CT molecular complexity index is 1400. The lowest BCUT2D eigenvalue weighted by Gasteiger charge is -2.45. The summed E-state index contributed by atoms with van der Waals surface area (Å²) in [7, 11) is 0. The van der Waals surface area contributed by atoms with E-state index in [1.54, 1.807) is 72.8 Å². The number of amides is 1. The zero-order chi connectivity index (χ0) is 32.6. The predicted molar refractivity (Wildman–Crippen MR) is 173 cm³/mol. The Hall–Kier alpha value is -4.57. The minimum Gasteiger partial charge on any atom is -0.459 e. The lowest BCUT2D eigenvalue weighted by atomic mass is 9.95. The van der Waals surface area contributed by atoms with Crippen molar-refractivity contribution in [1.29, 1.82) is 0 Å². The molecule has 4 rings (SSSR count). The molecule has 0 unspecified atom stereocenters. The summed E-state index contributed by atoms with van der Waals surface area (Å²) in [5.74, 6) is -1.46. The van der Waals surface area contributed by atoms with Gasteiger partial charge in [0, 0.05) is 6.42 Å². The quantitative estimate of drug-likeness (QED) is 0.113. The Morgan fingerprint density at radius 1 is 0.761 bits per heavy atom. The van der Waals surface area contributed by atoms with Gasteiger partial charge in [-0.2, -0.15) is 0 Å². The Labute approximate surface area is 270 Å². The maximum Gasteiger partial charge on any atom is 0.338 e. The first-order valence-corrected chi connectivity index (χ1v) is 15.4. The lowest BCUT2D eigenvalue weighted by Crippen LogP contribution is -2.66. The molecule has 1 heterocycles. The molecule has 0 aliphatic carbocycles.